The Bertz CT molecular complexity index is 569. The van der Waals surface area contributed by atoms with E-state index in [9.17, 15) is 14.7 Å². The summed E-state index contributed by atoms with van der Waals surface area (Å²) in [5.41, 5.74) is 11.9. The molecule has 22 heavy (non-hydrogen) atoms. The Morgan fingerprint density at radius 3 is 2.41 bits per heavy atom. The lowest BCUT2D eigenvalue weighted by molar-refractivity contribution is -0.167. The van der Waals surface area contributed by atoms with Crippen LogP contribution in [0.1, 0.15) is 37.9 Å². The van der Waals surface area contributed by atoms with Gasteiger partial charge >= 0.3 is 11.9 Å². The highest BCUT2D eigenvalue weighted by Gasteiger charge is 2.37. The molecular formula is C15H21ClN2O4. The van der Waals surface area contributed by atoms with Crippen molar-refractivity contribution in [3.05, 3.63) is 34.3 Å². The molecular weight excluding hydrogens is 308 g/mol. The number of carboxylic acid groups (broad SMARTS) is 1. The number of carboxylic acids is 1. The molecule has 7 heteroatoms. The molecule has 0 spiro atoms. The number of esters is 1. The van der Waals surface area contributed by atoms with Crippen molar-refractivity contribution in [1.82, 2.24) is 0 Å². The minimum atomic E-state index is -1.52. The Morgan fingerprint density at radius 1 is 1.36 bits per heavy atom. The SMILES string of the molecule is CC(C)(C)OC(=O)C(C(=O)O)C(N)c1ccc(Cl)cc1CN. The zero-order chi connectivity index (χ0) is 17.1. The van der Waals surface area contributed by atoms with Gasteiger partial charge in [0.1, 0.15) is 5.60 Å². The lowest BCUT2D eigenvalue weighted by atomic mass is 9.90. The van der Waals surface area contributed by atoms with Crippen molar-refractivity contribution in [1.29, 1.82) is 0 Å². The summed E-state index contributed by atoms with van der Waals surface area (Å²) in [4.78, 5) is 23.6. The molecule has 2 atom stereocenters. The summed E-state index contributed by atoms with van der Waals surface area (Å²) < 4.78 is 5.14. The van der Waals surface area contributed by atoms with Gasteiger partial charge in [0.25, 0.3) is 0 Å². The van der Waals surface area contributed by atoms with Gasteiger partial charge in [-0.25, -0.2) is 0 Å². The van der Waals surface area contributed by atoms with Crippen LogP contribution in [0.3, 0.4) is 0 Å². The van der Waals surface area contributed by atoms with Gasteiger partial charge in [0.15, 0.2) is 5.92 Å². The van der Waals surface area contributed by atoms with Crippen LogP contribution in [0, 0.1) is 5.92 Å². The van der Waals surface area contributed by atoms with Gasteiger partial charge in [-0.3, -0.25) is 9.59 Å². The van der Waals surface area contributed by atoms with Crippen LogP contribution >= 0.6 is 11.6 Å². The highest BCUT2D eigenvalue weighted by atomic mass is 35.5. The van der Waals surface area contributed by atoms with Gasteiger partial charge in [0, 0.05) is 11.6 Å². The molecule has 0 heterocycles. The van der Waals surface area contributed by atoms with Gasteiger partial charge in [-0.05, 0) is 44.0 Å². The molecule has 0 saturated heterocycles. The van der Waals surface area contributed by atoms with Crippen molar-refractivity contribution in [2.45, 2.75) is 39.0 Å². The maximum absolute atomic E-state index is 12.1. The van der Waals surface area contributed by atoms with Gasteiger partial charge in [0.2, 0.25) is 0 Å². The predicted molar refractivity (Wildman–Crippen MR) is 83.2 cm³/mol. The number of carbonyl (C=O) groups excluding carboxylic acids is 1. The number of benzene rings is 1. The molecule has 0 aromatic heterocycles. The fourth-order valence-electron chi connectivity index (χ4n) is 2.02. The fraction of sp³-hybridized carbons (Fsp3) is 0.467. The van der Waals surface area contributed by atoms with Crippen LogP contribution in [-0.4, -0.2) is 22.6 Å². The molecule has 0 aliphatic carbocycles. The average Bonchev–Trinajstić information content (AvgIpc) is 2.35. The molecule has 0 radical (unpaired) electrons. The lowest BCUT2D eigenvalue weighted by Gasteiger charge is -2.26. The van der Waals surface area contributed by atoms with Crippen molar-refractivity contribution < 1.29 is 19.4 Å². The van der Waals surface area contributed by atoms with Crippen LogP contribution in [0.25, 0.3) is 0 Å². The minimum Gasteiger partial charge on any atom is -0.481 e. The Morgan fingerprint density at radius 2 is 1.95 bits per heavy atom. The van der Waals surface area contributed by atoms with Gasteiger partial charge in [-0.2, -0.15) is 0 Å². The summed E-state index contributed by atoms with van der Waals surface area (Å²) in [6.45, 7) is 5.10. The first-order chi connectivity index (χ1) is 10.1. The molecule has 6 nitrogen and oxygen atoms in total. The quantitative estimate of drug-likeness (QED) is 0.561. The van der Waals surface area contributed by atoms with E-state index in [0.717, 1.165) is 0 Å². The molecule has 0 aliphatic rings. The van der Waals surface area contributed by atoms with E-state index in [4.69, 9.17) is 27.8 Å². The number of nitrogens with two attached hydrogens (primary N) is 2. The normalized spacial score (nSPS) is 14.3. The van der Waals surface area contributed by atoms with Crippen LogP contribution < -0.4 is 11.5 Å². The van der Waals surface area contributed by atoms with Crippen molar-refractivity contribution in [3.63, 3.8) is 0 Å². The Hall–Kier alpha value is -1.63. The molecule has 0 saturated carbocycles. The third kappa shape index (κ3) is 4.69. The van der Waals surface area contributed by atoms with Crippen molar-refractivity contribution in [2.24, 2.45) is 17.4 Å². The molecule has 0 fully saturated rings. The van der Waals surface area contributed by atoms with E-state index in [-0.39, 0.29) is 6.54 Å². The smallest absolute Gasteiger partial charge is 0.322 e. The summed E-state index contributed by atoms with van der Waals surface area (Å²) in [5.74, 6) is -3.75. The first-order valence-electron chi connectivity index (χ1n) is 6.76. The van der Waals surface area contributed by atoms with Crippen molar-refractivity contribution in [2.75, 3.05) is 0 Å². The first-order valence-corrected chi connectivity index (χ1v) is 7.14. The van der Waals surface area contributed by atoms with Crippen LogP contribution in [0.2, 0.25) is 5.02 Å². The molecule has 122 valence electrons. The maximum atomic E-state index is 12.1. The van der Waals surface area contributed by atoms with Crippen molar-refractivity contribution in [3.8, 4) is 0 Å². The second-order valence-corrected chi connectivity index (χ2v) is 6.36. The number of ether oxygens (including phenoxy) is 1. The number of aliphatic carboxylic acids is 1. The van der Waals surface area contributed by atoms with Crippen LogP contribution in [0.4, 0.5) is 0 Å². The lowest BCUT2D eigenvalue weighted by Crippen LogP contribution is -2.39. The molecule has 5 N–H and O–H groups in total. The predicted octanol–water partition coefficient (Wildman–Crippen LogP) is 1.84. The Kier molecular flexibility index (Phi) is 5.93. The molecule has 0 amide bonds. The van der Waals surface area contributed by atoms with E-state index >= 15 is 0 Å². The number of hydrogen-bond donors (Lipinski definition) is 3. The molecule has 0 aliphatic heterocycles. The van der Waals surface area contributed by atoms with Crippen molar-refractivity contribution >= 4 is 23.5 Å². The maximum Gasteiger partial charge on any atom is 0.322 e. The zero-order valence-corrected chi connectivity index (χ0v) is 13.6. The molecule has 1 aromatic rings. The molecule has 1 aromatic carbocycles. The summed E-state index contributed by atoms with van der Waals surface area (Å²) >= 11 is 5.89. The van der Waals surface area contributed by atoms with Gasteiger partial charge in [0.05, 0.1) is 6.04 Å². The average molecular weight is 329 g/mol. The molecule has 0 bridgehead atoms. The van der Waals surface area contributed by atoms with Gasteiger partial charge in [-0.15, -0.1) is 0 Å². The van der Waals surface area contributed by atoms with Crippen LogP contribution in [-0.2, 0) is 20.9 Å². The van der Waals surface area contributed by atoms with Gasteiger partial charge in [-0.1, -0.05) is 17.7 Å². The zero-order valence-electron chi connectivity index (χ0n) is 12.8. The number of carbonyl (C=O) groups is 2. The van der Waals surface area contributed by atoms with E-state index in [0.29, 0.717) is 16.1 Å². The third-order valence-corrected chi connectivity index (χ3v) is 3.21. The second kappa shape index (κ2) is 7.09. The number of halogens is 1. The third-order valence-electron chi connectivity index (χ3n) is 2.97. The van der Waals surface area contributed by atoms with E-state index in [1.165, 1.54) is 0 Å². The van der Waals surface area contributed by atoms with Gasteiger partial charge < -0.3 is 21.3 Å². The first kappa shape index (κ1) is 18.4. The standard InChI is InChI=1S/C15H21ClN2O4/c1-15(2,3)22-14(21)11(13(19)20)12(18)10-5-4-9(16)6-8(10)7-17/h4-6,11-12H,7,17-18H2,1-3H3,(H,19,20). The number of rotatable bonds is 5. The van der Waals surface area contributed by atoms with E-state index in [1.54, 1.807) is 39.0 Å². The van der Waals surface area contributed by atoms with Crippen LogP contribution in [0.5, 0.6) is 0 Å². The highest BCUT2D eigenvalue weighted by molar-refractivity contribution is 6.30. The van der Waals surface area contributed by atoms with E-state index < -0.39 is 29.5 Å². The molecule has 2 unspecified atom stereocenters. The largest absolute Gasteiger partial charge is 0.481 e. The minimum absolute atomic E-state index is 0.129. The number of hydrogen-bond acceptors (Lipinski definition) is 5. The summed E-state index contributed by atoms with van der Waals surface area (Å²) in [7, 11) is 0. The van der Waals surface area contributed by atoms with E-state index in [2.05, 4.69) is 0 Å². The van der Waals surface area contributed by atoms with Crippen LogP contribution in [0.15, 0.2) is 18.2 Å². The Balaban J connectivity index is 3.17. The fourth-order valence-corrected chi connectivity index (χ4v) is 2.22. The topological polar surface area (TPSA) is 116 Å². The summed E-state index contributed by atoms with van der Waals surface area (Å²) in [6.07, 6.45) is 0. The second-order valence-electron chi connectivity index (χ2n) is 5.92. The molecule has 1 rings (SSSR count). The summed E-state index contributed by atoms with van der Waals surface area (Å²) in [6, 6.07) is 3.67. The highest BCUT2D eigenvalue weighted by Crippen LogP contribution is 2.27. The van der Waals surface area contributed by atoms with E-state index in [1.807, 2.05) is 0 Å². The monoisotopic (exact) mass is 328 g/mol. The summed E-state index contributed by atoms with van der Waals surface area (Å²) in [5, 5.41) is 9.81. The Labute approximate surface area is 134 Å².